The number of halogens is 1. The molecule has 7 nitrogen and oxygen atoms in total. The molecular formula is C22H37IN4O3. The summed E-state index contributed by atoms with van der Waals surface area (Å²) in [5.41, 5.74) is 0.615. The molecule has 1 aliphatic rings. The van der Waals surface area contributed by atoms with E-state index >= 15 is 0 Å². The molecule has 1 saturated carbocycles. The van der Waals surface area contributed by atoms with E-state index in [1.807, 2.05) is 6.92 Å². The first-order chi connectivity index (χ1) is 14.2. The first-order valence-electron chi connectivity index (χ1n) is 10.8. The third-order valence-corrected chi connectivity index (χ3v) is 4.88. The fourth-order valence-electron chi connectivity index (χ4n) is 3.28. The van der Waals surface area contributed by atoms with Gasteiger partial charge in [0.1, 0.15) is 5.75 Å². The van der Waals surface area contributed by atoms with Crippen LogP contribution in [-0.4, -0.2) is 57.9 Å². The quantitative estimate of drug-likeness (QED) is 0.176. The molecule has 0 radical (unpaired) electrons. The van der Waals surface area contributed by atoms with Gasteiger partial charge in [-0.05, 0) is 50.5 Å². The van der Waals surface area contributed by atoms with Crippen molar-refractivity contribution >= 4 is 35.8 Å². The molecule has 0 aromatic heterocycles. The Kier molecular flexibility index (Phi) is 14.3. The SMILES string of the molecule is CCNC(=NCCCOC1CCCCC1)NCCNC(=O)c1ccc(OC)cc1.I. The standard InChI is InChI=1S/C22H36N4O3.HI/c1-3-23-22(25-14-7-17-29-20-8-5-4-6-9-20)26-16-15-24-21(27)18-10-12-19(28-2)13-11-18;/h10-13,20H,3-9,14-17H2,1-2H3,(H,24,27)(H2,23,25,26);1H. The highest BCUT2D eigenvalue weighted by Crippen LogP contribution is 2.20. The van der Waals surface area contributed by atoms with E-state index in [1.54, 1.807) is 31.4 Å². The maximum atomic E-state index is 12.1. The van der Waals surface area contributed by atoms with Crippen molar-refractivity contribution in [1.29, 1.82) is 0 Å². The van der Waals surface area contributed by atoms with Crippen LogP contribution in [0.15, 0.2) is 29.3 Å². The van der Waals surface area contributed by atoms with Crippen LogP contribution >= 0.6 is 24.0 Å². The summed E-state index contributed by atoms with van der Waals surface area (Å²) in [5, 5.41) is 9.38. The molecule has 3 N–H and O–H groups in total. The van der Waals surface area contributed by atoms with Crippen molar-refractivity contribution < 1.29 is 14.3 Å². The Hall–Kier alpha value is -1.55. The first-order valence-corrected chi connectivity index (χ1v) is 10.8. The molecular weight excluding hydrogens is 495 g/mol. The van der Waals surface area contributed by atoms with Gasteiger partial charge in [-0.25, -0.2) is 0 Å². The first kappa shape index (κ1) is 26.5. The van der Waals surface area contributed by atoms with E-state index in [-0.39, 0.29) is 29.9 Å². The Balaban J connectivity index is 0.00000450. The second-order valence-electron chi connectivity index (χ2n) is 7.16. The number of nitrogens with zero attached hydrogens (tertiary/aromatic N) is 1. The van der Waals surface area contributed by atoms with Crippen LogP contribution in [0.2, 0.25) is 0 Å². The van der Waals surface area contributed by atoms with Crippen LogP contribution in [-0.2, 0) is 4.74 Å². The number of nitrogens with one attached hydrogen (secondary N) is 3. The zero-order valence-electron chi connectivity index (χ0n) is 18.2. The van der Waals surface area contributed by atoms with Crippen LogP contribution in [0.25, 0.3) is 0 Å². The Morgan fingerprint density at radius 2 is 1.77 bits per heavy atom. The number of benzene rings is 1. The molecule has 0 heterocycles. The number of hydrogen-bond acceptors (Lipinski definition) is 4. The van der Waals surface area contributed by atoms with Crippen molar-refractivity contribution in [3.63, 3.8) is 0 Å². The van der Waals surface area contributed by atoms with Crippen molar-refractivity contribution in [2.45, 2.75) is 51.6 Å². The Labute approximate surface area is 197 Å². The van der Waals surface area contributed by atoms with Gasteiger partial charge < -0.3 is 25.4 Å². The van der Waals surface area contributed by atoms with Crippen molar-refractivity contribution in [1.82, 2.24) is 16.0 Å². The van der Waals surface area contributed by atoms with Gasteiger partial charge in [0.25, 0.3) is 5.91 Å². The minimum atomic E-state index is -0.101. The Morgan fingerprint density at radius 3 is 2.43 bits per heavy atom. The lowest BCUT2D eigenvalue weighted by molar-refractivity contribution is 0.0281. The molecule has 8 heteroatoms. The van der Waals surface area contributed by atoms with Crippen LogP contribution in [0.3, 0.4) is 0 Å². The second-order valence-corrected chi connectivity index (χ2v) is 7.16. The summed E-state index contributed by atoms with van der Waals surface area (Å²) >= 11 is 0. The van der Waals surface area contributed by atoms with Gasteiger partial charge in [-0.2, -0.15) is 0 Å². The molecule has 0 spiro atoms. The maximum Gasteiger partial charge on any atom is 0.251 e. The summed E-state index contributed by atoms with van der Waals surface area (Å²) in [6, 6.07) is 7.06. The molecule has 0 bridgehead atoms. The van der Waals surface area contributed by atoms with Crippen LogP contribution < -0.4 is 20.7 Å². The fraction of sp³-hybridized carbons (Fsp3) is 0.636. The van der Waals surface area contributed by atoms with Crippen LogP contribution in [0.1, 0.15) is 55.8 Å². The average molecular weight is 532 g/mol. The Bertz CT molecular complexity index is 619. The molecule has 0 unspecified atom stereocenters. The molecule has 0 aliphatic heterocycles. The molecule has 0 saturated heterocycles. The zero-order valence-corrected chi connectivity index (χ0v) is 20.6. The van der Waals surface area contributed by atoms with Crippen molar-refractivity contribution in [3.05, 3.63) is 29.8 Å². The number of amides is 1. The molecule has 1 aliphatic carbocycles. The normalized spacial score (nSPS) is 14.5. The second kappa shape index (κ2) is 16.2. The zero-order chi connectivity index (χ0) is 20.7. The summed E-state index contributed by atoms with van der Waals surface area (Å²) in [6.45, 7) is 5.44. The number of carbonyl (C=O) groups excluding carboxylic acids is 1. The van der Waals surface area contributed by atoms with Crippen molar-refractivity contribution in [3.8, 4) is 5.75 Å². The van der Waals surface area contributed by atoms with E-state index in [0.717, 1.165) is 37.8 Å². The molecule has 30 heavy (non-hydrogen) atoms. The van der Waals surface area contributed by atoms with Gasteiger partial charge >= 0.3 is 0 Å². The number of aliphatic imine (C=N–C) groups is 1. The van der Waals surface area contributed by atoms with Gasteiger partial charge in [0.15, 0.2) is 5.96 Å². The number of ether oxygens (including phenoxy) is 2. The summed E-state index contributed by atoms with van der Waals surface area (Å²) in [5.74, 6) is 1.40. The molecule has 1 aromatic carbocycles. The van der Waals surface area contributed by atoms with Gasteiger partial charge in [0, 0.05) is 38.3 Å². The number of hydrogen-bond donors (Lipinski definition) is 3. The lowest BCUT2D eigenvalue weighted by Gasteiger charge is -2.21. The van der Waals surface area contributed by atoms with Gasteiger partial charge in [-0.1, -0.05) is 19.3 Å². The predicted octanol–water partition coefficient (Wildman–Crippen LogP) is 3.34. The fourth-order valence-corrected chi connectivity index (χ4v) is 3.28. The van der Waals surface area contributed by atoms with Crippen LogP contribution in [0.4, 0.5) is 0 Å². The topological polar surface area (TPSA) is 84.0 Å². The molecule has 170 valence electrons. The summed E-state index contributed by atoms with van der Waals surface area (Å²) < 4.78 is 11.0. The number of carbonyl (C=O) groups is 1. The Morgan fingerprint density at radius 1 is 1.07 bits per heavy atom. The van der Waals surface area contributed by atoms with E-state index in [4.69, 9.17) is 9.47 Å². The minimum absolute atomic E-state index is 0. The highest BCUT2D eigenvalue weighted by Gasteiger charge is 2.12. The van der Waals surface area contributed by atoms with Gasteiger partial charge in [0.05, 0.1) is 13.2 Å². The van der Waals surface area contributed by atoms with E-state index in [9.17, 15) is 4.79 Å². The third-order valence-electron chi connectivity index (χ3n) is 4.88. The number of methoxy groups -OCH3 is 1. The molecule has 1 amide bonds. The van der Waals surface area contributed by atoms with E-state index in [1.165, 1.54) is 32.1 Å². The predicted molar refractivity (Wildman–Crippen MR) is 132 cm³/mol. The van der Waals surface area contributed by atoms with Crippen LogP contribution in [0, 0.1) is 0 Å². The van der Waals surface area contributed by atoms with E-state index in [0.29, 0.717) is 24.8 Å². The minimum Gasteiger partial charge on any atom is -0.497 e. The summed E-state index contributed by atoms with van der Waals surface area (Å²) in [4.78, 5) is 16.7. The lowest BCUT2D eigenvalue weighted by Crippen LogP contribution is -2.41. The van der Waals surface area contributed by atoms with Crippen molar-refractivity contribution in [2.24, 2.45) is 4.99 Å². The van der Waals surface area contributed by atoms with E-state index in [2.05, 4.69) is 20.9 Å². The molecule has 0 atom stereocenters. The van der Waals surface area contributed by atoms with Gasteiger partial charge in [-0.3, -0.25) is 9.79 Å². The summed E-state index contributed by atoms with van der Waals surface area (Å²) in [6.07, 6.45) is 7.72. The van der Waals surface area contributed by atoms with E-state index < -0.39 is 0 Å². The smallest absolute Gasteiger partial charge is 0.251 e. The average Bonchev–Trinajstić information content (AvgIpc) is 2.77. The number of guanidine groups is 1. The molecule has 1 fully saturated rings. The molecule has 2 rings (SSSR count). The monoisotopic (exact) mass is 532 g/mol. The highest BCUT2D eigenvalue weighted by atomic mass is 127. The third kappa shape index (κ3) is 10.5. The van der Waals surface area contributed by atoms with Gasteiger partial charge in [0.2, 0.25) is 0 Å². The molecule has 1 aromatic rings. The highest BCUT2D eigenvalue weighted by molar-refractivity contribution is 14.0. The maximum absolute atomic E-state index is 12.1. The summed E-state index contributed by atoms with van der Waals surface area (Å²) in [7, 11) is 1.61. The van der Waals surface area contributed by atoms with Gasteiger partial charge in [-0.15, -0.1) is 24.0 Å². The number of rotatable bonds is 11. The van der Waals surface area contributed by atoms with Crippen LogP contribution in [0.5, 0.6) is 5.75 Å². The van der Waals surface area contributed by atoms with Crippen molar-refractivity contribution in [2.75, 3.05) is 39.9 Å². The largest absolute Gasteiger partial charge is 0.497 e. The lowest BCUT2D eigenvalue weighted by atomic mass is 9.98.